The predicted octanol–water partition coefficient (Wildman–Crippen LogP) is 5.83. The first-order chi connectivity index (χ1) is 8.70. The second kappa shape index (κ2) is 6.19. The largest absolute Gasteiger partial charge is 0.0584 e. The molecule has 18 heavy (non-hydrogen) atoms. The van der Waals surface area contributed by atoms with Crippen LogP contribution in [-0.2, 0) is 0 Å². The fourth-order valence-corrected chi connectivity index (χ4v) is 2.38. The Bertz CT molecular complexity index is 482. The van der Waals surface area contributed by atoms with Crippen molar-refractivity contribution in [1.29, 1.82) is 0 Å². The number of halogens is 1. The summed E-state index contributed by atoms with van der Waals surface area (Å²) in [7, 11) is 0. The van der Waals surface area contributed by atoms with Crippen LogP contribution in [0.2, 0.25) is 0 Å². The van der Waals surface area contributed by atoms with E-state index >= 15 is 0 Å². The predicted molar refractivity (Wildman–Crippen MR) is 82.6 cm³/mol. The van der Waals surface area contributed by atoms with Crippen molar-refractivity contribution >= 4 is 15.9 Å². The summed E-state index contributed by atoms with van der Waals surface area (Å²) in [4.78, 5) is 0. The van der Waals surface area contributed by atoms with Gasteiger partial charge in [0, 0.05) is 4.47 Å². The number of hydrogen-bond donors (Lipinski definition) is 0. The zero-order chi connectivity index (χ0) is 13.0. The minimum Gasteiger partial charge on any atom is -0.0584 e. The second-order valence-electron chi connectivity index (χ2n) is 4.67. The molecule has 0 saturated heterocycles. The molecule has 1 unspecified atom stereocenters. The van der Waals surface area contributed by atoms with Gasteiger partial charge in [0.25, 0.3) is 0 Å². The third kappa shape index (κ3) is 3.23. The zero-order valence-corrected chi connectivity index (χ0v) is 12.3. The lowest BCUT2D eigenvalue weighted by atomic mass is 9.94. The molecule has 0 saturated carbocycles. The normalized spacial score (nSPS) is 12.4. The van der Waals surface area contributed by atoms with E-state index < -0.39 is 0 Å². The molecule has 2 rings (SSSR count). The molecular weight excluding hydrogens is 284 g/mol. The van der Waals surface area contributed by atoms with Gasteiger partial charge in [0.1, 0.15) is 0 Å². The standard InChI is InChI=1S/C17H18Br/c1-3-4-13(2)14-5-7-15(8-6-14)16-9-11-17(18)12-10-16/h5-13H,1,3-4H2,2H3. The second-order valence-corrected chi connectivity index (χ2v) is 5.59. The first-order valence-corrected chi connectivity index (χ1v) is 7.15. The highest BCUT2D eigenvalue weighted by molar-refractivity contribution is 9.10. The fraction of sp³-hybridized carbons (Fsp3) is 0.235. The molecule has 1 heteroatoms. The summed E-state index contributed by atoms with van der Waals surface area (Å²) in [5.74, 6) is 0.599. The maximum absolute atomic E-state index is 3.92. The molecule has 0 amide bonds. The van der Waals surface area contributed by atoms with Crippen LogP contribution in [0.5, 0.6) is 0 Å². The Kier molecular flexibility index (Phi) is 4.60. The molecule has 0 aliphatic carbocycles. The van der Waals surface area contributed by atoms with Crippen LogP contribution in [-0.4, -0.2) is 0 Å². The fourth-order valence-electron chi connectivity index (χ4n) is 2.12. The van der Waals surface area contributed by atoms with Crippen LogP contribution < -0.4 is 0 Å². The van der Waals surface area contributed by atoms with E-state index in [0.717, 1.165) is 17.3 Å². The van der Waals surface area contributed by atoms with E-state index in [2.05, 4.69) is 78.3 Å². The maximum Gasteiger partial charge on any atom is 0.0175 e. The summed E-state index contributed by atoms with van der Waals surface area (Å²) < 4.78 is 1.12. The molecule has 0 heterocycles. The lowest BCUT2D eigenvalue weighted by molar-refractivity contribution is 0.689. The summed E-state index contributed by atoms with van der Waals surface area (Å²) in [6.45, 7) is 6.18. The van der Waals surface area contributed by atoms with Crippen molar-refractivity contribution in [1.82, 2.24) is 0 Å². The lowest BCUT2D eigenvalue weighted by Crippen LogP contribution is -1.92. The molecule has 0 aliphatic heterocycles. The number of benzene rings is 2. The third-order valence-electron chi connectivity index (χ3n) is 3.29. The van der Waals surface area contributed by atoms with E-state index in [1.165, 1.54) is 16.7 Å². The van der Waals surface area contributed by atoms with Gasteiger partial charge in [-0.3, -0.25) is 0 Å². The summed E-state index contributed by atoms with van der Waals surface area (Å²) in [5.41, 5.74) is 3.93. The molecule has 0 aliphatic rings. The Hall–Kier alpha value is -1.08. The Morgan fingerprint density at radius 1 is 0.944 bits per heavy atom. The first kappa shape index (κ1) is 13.4. The van der Waals surface area contributed by atoms with Crippen LogP contribution >= 0.6 is 15.9 Å². The maximum atomic E-state index is 3.92. The average molecular weight is 302 g/mol. The van der Waals surface area contributed by atoms with Gasteiger partial charge >= 0.3 is 0 Å². The van der Waals surface area contributed by atoms with Gasteiger partial charge in [-0.05, 0) is 41.2 Å². The van der Waals surface area contributed by atoms with Crippen LogP contribution in [0, 0.1) is 6.92 Å². The average Bonchev–Trinajstić information content (AvgIpc) is 2.40. The van der Waals surface area contributed by atoms with Crippen LogP contribution in [0.1, 0.15) is 31.2 Å². The molecule has 1 atom stereocenters. The van der Waals surface area contributed by atoms with E-state index in [0.29, 0.717) is 5.92 Å². The molecule has 0 fully saturated rings. The highest BCUT2D eigenvalue weighted by Gasteiger charge is 2.04. The van der Waals surface area contributed by atoms with Gasteiger partial charge in [-0.15, -0.1) is 0 Å². The summed E-state index contributed by atoms with van der Waals surface area (Å²) >= 11 is 3.46. The highest BCUT2D eigenvalue weighted by Crippen LogP contribution is 2.25. The van der Waals surface area contributed by atoms with Crippen molar-refractivity contribution in [3.05, 3.63) is 65.5 Å². The summed E-state index contributed by atoms with van der Waals surface area (Å²) in [6, 6.07) is 17.3. The lowest BCUT2D eigenvalue weighted by Gasteiger charge is -2.11. The number of rotatable bonds is 4. The van der Waals surface area contributed by atoms with E-state index in [4.69, 9.17) is 0 Å². The summed E-state index contributed by atoms with van der Waals surface area (Å²) in [5, 5.41) is 0. The minimum atomic E-state index is 0.599. The molecule has 0 spiro atoms. The summed E-state index contributed by atoms with van der Waals surface area (Å²) in [6.07, 6.45) is 2.15. The van der Waals surface area contributed by atoms with E-state index in [1.807, 2.05) is 0 Å². The highest BCUT2D eigenvalue weighted by atomic mass is 79.9. The molecule has 1 radical (unpaired) electrons. The smallest absolute Gasteiger partial charge is 0.0175 e. The van der Waals surface area contributed by atoms with E-state index in [-0.39, 0.29) is 0 Å². The monoisotopic (exact) mass is 301 g/mol. The first-order valence-electron chi connectivity index (χ1n) is 6.36. The van der Waals surface area contributed by atoms with Crippen molar-refractivity contribution in [2.75, 3.05) is 0 Å². The molecule has 2 aromatic carbocycles. The van der Waals surface area contributed by atoms with Crippen LogP contribution in [0.4, 0.5) is 0 Å². The Morgan fingerprint density at radius 3 is 1.94 bits per heavy atom. The van der Waals surface area contributed by atoms with Crippen LogP contribution in [0.25, 0.3) is 11.1 Å². The van der Waals surface area contributed by atoms with Gasteiger partial charge in [0.05, 0.1) is 0 Å². The van der Waals surface area contributed by atoms with Gasteiger partial charge < -0.3 is 0 Å². The van der Waals surface area contributed by atoms with Gasteiger partial charge in [0.2, 0.25) is 0 Å². The Labute approximate surface area is 118 Å². The molecule has 0 N–H and O–H groups in total. The van der Waals surface area contributed by atoms with Crippen molar-refractivity contribution in [3.8, 4) is 11.1 Å². The Morgan fingerprint density at radius 2 is 1.44 bits per heavy atom. The molecule has 93 valence electrons. The van der Waals surface area contributed by atoms with Crippen LogP contribution in [0.15, 0.2) is 53.0 Å². The molecule has 2 aromatic rings. The zero-order valence-electron chi connectivity index (χ0n) is 10.7. The third-order valence-corrected chi connectivity index (χ3v) is 3.82. The molecule has 0 aromatic heterocycles. The molecular formula is C17H18Br. The van der Waals surface area contributed by atoms with Crippen molar-refractivity contribution in [2.45, 2.75) is 25.7 Å². The van der Waals surface area contributed by atoms with E-state index in [9.17, 15) is 0 Å². The Balaban J connectivity index is 2.19. The van der Waals surface area contributed by atoms with Gasteiger partial charge in [0.15, 0.2) is 0 Å². The van der Waals surface area contributed by atoms with E-state index in [1.54, 1.807) is 0 Å². The molecule has 0 bridgehead atoms. The van der Waals surface area contributed by atoms with Crippen molar-refractivity contribution in [3.63, 3.8) is 0 Å². The number of hydrogen-bond acceptors (Lipinski definition) is 0. The minimum absolute atomic E-state index is 0.599. The SMILES string of the molecule is [CH2]CCC(C)c1ccc(-c2ccc(Br)cc2)cc1. The van der Waals surface area contributed by atoms with Gasteiger partial charge in [-0.2, -0.15) is 0 Å². The van der Waals surface area contributed by atoms with Crippen LogP contribution in [0.3, 0.4) is 0 Å². The van der Waals surface area contributed by atoms with Crippen molar-refractivity contribution < 1.29 is 0 Å². The van der Waals surface area contributed by atoms with Gasteiger partial charge in [-0.1, -0.05) is 72.6 Å². The van der Waals surface area contributed by atoms with Gasteiger partial charge in [-0.25, -0.2) is 0 Å². The topological polar surface area (TPSA) is 0 Å². The molecule has 0 nitrogen and oxygen atoms in total. The quantitative estimate of drug-likeness (QED) is 0.666. The van der Waals surface area contributed by atoms with Crippen molar-refractivity contribution in [2.24, 2.45) is 0 Å².